The Morgan fingerprint density at radius 2 is 1.56 bits per heavy atom. The molecule has 6 nitrogen and oxygen atoms in total. The molecule has 3 aromatic carbocycles. The van der Waals surface area contributed by atoms with Crippen molar-refractivity contribution in [2.24, 2.45) is 5.73 Å². The highest BCUT2D eigenvalue weighted by atomic mass is 19.1. The Balaban J connectivity index is 1.56. The van der Waals surface area contributed by atoms with E-state index in [-0.39, 0.29) is 5.82 Å². The van der Waals surface area contributed by atoms with Gasteiger partial charge < -0.3 is 20.2 Å². The van der Waals surface area contributed by atoms with Crippen molar-refractivity contribution in [2.75, 3.05) is 0 Å². The normalized spacial score (nSPS) is 10.7. The predicted molar refractivity (Wildman–Crippen MR) is 98.2 cm³/mol. The number of nitrogens with zero attached hydrogens (tertiary/aromatic N) is 1. The first-order valence-corrected chi connectivity index (χ1v) is 8.08. The second kappa shape index (κ2) is 6.80. The van der Waals surface area contributed by atoms with Gasteiger partial charge in [0.1, 0.15) is 28.9 Å². The molecule has 0 spiro atoms. The number of aromatic nitrogens is 2. The van der Waals surface area contributed by atoms with E-state index in [0.29, 0.717) is 23.1 Å². The van der Waals surface area contributed by atoms with Gasteiger partial charge in [-0.3, -0.25) is 0 Å². The average Bonchev–Trinajstić information content (AvgIpc) is 3.07. The van der Waals surface area contributed by atoms with Crippen LogP contribution in [0, 0.1) is 5.82 Å². The van der Waals surface area contributed by atoms with Gasteiger partial charge in [-0.05, 0) is 60.7 Å². The number of hydrogen-bond donors (Lipinski definition) is 2. The molecule has 7 heteroatoms. The third-order valence-electron chi connectivity index (χ3n) is 3.85. The van der Waals surface area contributed by atoms with E-state index in [0.717, 1.165) is 16.6 Å². The number of rotatable bonds is 4. The molecule has 0 aliphatic rings. The first-order valence-electron chi connectivity index (χ1n) is 8.08. The Bertz CT molecular complexity index is 1110. The zero-order valence-corrected chi connectivity index (χ0v) is 14.0. The van der Waals surface area contributed by atoms with Crippen molar-refractivity contribution in [3.8, 4) is 28.6 Å². The van der Waals surface area contributed by atoms with E-state index in [1.165, 1.54) is 12.1 Å². The average molecular weight is 363 g/mol. The van der Waals surface area contributed by atoms with E-state index < -0.39 is 6.09 Å². The monoisotopic (exact) mass is 363 g/mol. The Morgan fingerprint density at radius 3 is 2.22 bits per heavy atom. The molecule has 0 aliphatic carbocycles. The molecule has 0 unspecified atom stereocenters. The molecule has 1 amide bonds. The lowest BCUT2D eigenvalue weighted by molar-refractivity contribution is 0.211. The van der Waals surface area contributed by atoms with E-state index in [9.17, 15) is 9.18 Å². The number of ether oxygens (including phenoxy) is 2. The van der Waals surface area contributed by atoms with Crippen molar-refractivity contribution in [1.29, 1.82) is 0 Å². The molecule has 0 bridgehead atoms. The van der Waals surface area contributed by atoms with Crippen molar-refractivity contribution in [2.45, 2.75) is 0 Å². The summed E-state index contributed by atoms with van der Waals surface area (Å²) in [6, 6.07) is 18.1. The standard InChI is InChI=1S/C20H14FN3O3/c21-13-3-7-15(8-4-13)26-14-5-1-12(2-6-14)19-23-17-10-9-16(27-20(22)25)11-18(17)24-19/h1-11H,(H2,22,25)(H,23,24). The van der Waals surface area contributed by atoms with Gasteiger partial charge in [0.2, 0.25) is 0 Å². The number of hydrogen-bond acceptors (Lipinski definition) is 4. The fourth-order valence-corrected chi connectivity index (χ4v) is 2.62. The molecule has 0 radical (unpaired) electrons. The summed E-state index contributed by atoms with van der Waals surface area (Å²) in [7, 11) is 0. The number of primary amides is 1. The number of imidazole rings is 1. The number of aromatic amines is 1. The molecule has 4 rings (SSSR count). The summed E-state index contributed by atoms with van der Waals surface area (Å²) in [6.45, 7) is 0. The quantitative estimate of drug-likeness (QED) is 0.554. The van der Waals surface area contributed by atoms with Gasteiger partial charge in [-0.1, -0.05) is 0 Å². The third kappa shape index (κ3) is 3.72. The van der Waals surface area contributed by atoms with Crippen molar-refractivity contribution < 1.29 is 18.7 Å². The van der Waals surface area contributed by atoms with Gasteiger partial charge in [-0.2, -0.15) is 0 Å². The van der Waals surface area contributed by atoms with Crippen LogP contribution in [-0.4, -0.2) is 16.1 Å². The lowest BCUT2D eigenvalue weighted by Gasteiger charge is -2.06. The molecule has 0 fully saturated rings. The number of halogens is 1. The van der Waals surface area contributed by atoms with Crippen LogP contribution in [0.4, 0.5) is 9.18 Å². The lowest BCUT2D eigenvalue weighted by atomic mass is 10.2. The number of nitrogens with two attached hydrogens (primary N) is 1. The SMILES string of the molecule is NC(=O)Oc1ccc2nc(-c3ccc(Oc4ccc(F)cc4)cc3)[nH]c2c1. The van der Waals surface area contributed by atoms with E-state index in [1.54, 1.807) is 42.5 Å². The van der Waals surface area contributed by atoms with Crippen molar-refractivity contribution in [3.05, 3.63) is 72.5 Å². The lowest BCUT2D eigenvalue weighted by Crippen LogP contribution is -2.16. The predicted octanol–water partition coefficient (Wildman–Crippen LogP) is 4.62. The summed E-state index contributed by atoms with van der Waals surface area (Å²) in [5, 5.41) is 0. The second-order valence-electron chi connectivity index (χ2n) is 5.77. The summed E-state index contributed by atoms with van der Waals surface area (Å²) in [6.07, 6.45) is -0.870. The molecule has 4 aromatic rings. The van der Waals surface area contributed by atoms with Crippen LogP contribution in [0.5, 0.6) is 17.2 Å². The van der Waals surface area contributed by atoms with Crippen LogP contribution in [0.1, 0.15) is 0 Å². The van der Waals surface area contributed by atoms with Crippen molar-refractivity contribution in [1.82, 2.24) is 9.97 Å². The highest BCUT2D eigenvalue weighted by Gasteiger charge is 2.08. The maximum atomic E-state index is 12.9. The minimum atomic E-state index is -0.870. The summed E-state index contributed by atoms with van der Waals surface area (Å²) in [4.78, 5) is 18.5. The van der Waals surface area contributed by atoms with E-state index in [1.807, 2.05) is 12.1 Å². The number of benzene rings is 3. The van der Waals surface area contributed by atoms with Gasteiger partial charge in [0.15, 0.2) is 0 Å². The van der Waals surface area contributed by atoms with Crippen molar-refractivity contribution in [3.63, 3.8) is 0 Å². The van der Waals surface area contributed by atoms with Gasteiger partial charge in [-0.15, -0.1) is 0 Å². The molecule has 3 N–H and O–H groups in total. The van der Waals surface area contributed by atoms with Gasteiger partial charge in [0, 0.05) is 11.6 Å². The maximum absolute atomic E-state index is 12.9. The molecule has 27 heavy (non-hydrogen) atoms. The molecular weight excluding hydrogens is 349 g/mol. The first-order chi connectivity index (χ1) is 13.1. The minimum Gasteiger partial charge on any atom is -0.457 e. The molecule has 0 atom stereocenters. The van der Waals surface area contributed by atoms with Crippen LogP contribution in [0.2, 0.25) is 0 Å². The molecule has 134 valence electrons. The number of H-pyrrole nitrogens is 1. The first kappa shape index (κ1) is 16.6. The Hall–Kier alpha value is -3.87. The topological polar surface area (TPSA) is 90.2 Å². The van der Waals surface area contributed by atoms with E-state index in [2.05, 4.69) is 9.97 Å². The molecule has 0 saturated carbocycles. The number of carbonyl (C=O) groups excluding carboxylic acids is 1. The van der Waals surface area contributed by atoms with Gasteiger partial charge >= 0.3 is 6.09 Å². The third-order valence-corrected chi connectivity index (χ3v) is 3.85. The van der Waals surface area contributed by atoms with Gasteiger partial charge in [0.05, 0.1) is 11.0 Å². The van der Waals surface area contributed by atoms with Crippen LogP contribution in [0.15, 0.2) is 66.7 Å². The summed E-state index contributed by atoms with van der Waals surface area (Å²) in [5.74, 6) is 1.86. The van der Waals surface area contributed by atoms with Gasteiger partial charge in [-0.25, -0.2) is 14.2 Å². The van der Waals surface area contributed by atoms with Crippen LogP contribution >= 0.6 is 0 Å². The van der Waals surface area contributed by atoms with Crippen LogP contribution in [-0.2, 0) is 0 Å². The number of nitrogens with one attached hydrogen (secondary N) is 1. The van der Waals surface area contributed by atoms with E-state index in [4.69, 9.17) is 15.2 Å². The van der Waals surface area contributed by atoms with Crippen LogP contribution in [0.25, 0.3) is 22.4 Å². The highest BCUT2D eigenvalue weighted by Crippen LogP contribution is 2.27. The highest BCUT2D eigenvalue weighted by molar-refractivity contribution is 5.81. The van der Waals surface area contributed by atoms with E-state index >= 15 is 0 Å². The smallest absolute Gasteiger partial charge is 0.409 e. The fourth-order valence-electron chi connectivity index (χ4n) is 2.62. The zero-order chi connectivity index (χ0) is 18.8. The number of amides is 1. The summed E-state index contributed by atoms with van der Waals surface area (Å²) >= 11 is 0. The minimum absolute atomic E-state index is 0.313. The molecule has 0 aliphatic heterocycles. The molecule has 1 heterocycles. The summed E-state index contributed by atoms with van der Waals surface area (Å²) < 4.78 is 23.5. The number of fused-ring (bicyclic) bond motifs is 1. The van der Waals surface area contributed by atoms with Crippen LogP contribution < -0.4 is 15.2 Å². The molecular formula is C20H14FN3O3. The Morgan fingerprint density at radius 1 is 0.926 bits per heavy atom. The molecule has 0 saturated heterocycles. The Labute approximate surface area is 153 Å². The van der Waals surface area contributed by atoms with Crippen molar-refractivity contribution >= 4 is 17.1 Å². The second-order valence-corrected chi connectivity index (χ2v) is 5.77. The fraction of sp³-hybridized carbons (Fsp3) is 0. The maximum Gasteiger partial charge on any atom is 0.409 e. The summed E-state index contributed by atoms with van der Waals surface area (Å²) in [5.41, 5.74) is 7.33. The largest absolute Gasteiger partial charge is 0.457 e. The molecule has 1 aromatic heterocycles. The Kier molecular flexibility index (Phi) is 4.18. The number of carbonyl (C=O) groups is 1. The zero-order valence-electron chi connectivity index (χ0n) is 14.0. The van der Waals surface area contributed by atoms with Gasteiger partial charge in [0.25, 0.3) is 0 Å². The van der Waals surface area contributed by atoms with Crippen LogP contribution in [0.3, 0.4) is 0 Å².